The molecule has 1 atom stereocenters. The minimum atomic E-state index is -0.155. The van der Waals surface area contributed by atoms with Gasteiger partial charge in [-0.15, -0.1) is 0 Å². The molecule has 6 nitrogen and oxygen atoms in total. The largest absolute Gasteiger partial charge is 0.472 e. The number of hydrogen-bond donors (Lipinski definition) is 0. The van der Waals surface area contributed by atoms with Crippen LogP contribution in [0.25, 0.3) is 0 Å². The number of rotatable bonds is 3. The van der Waals surface area contributed by atoms with E-state index in [0.717, 1.165) is 30.0 Å². The van der Waals surface area contributed by atoms with E-state index in [1.165, 1.54) is 0 Å². The number of carbonyl (C=O) groups excluding carboxylic acids is 1. The van der Waals surface area contributed by atoms with Gasteiger partial charge in [0.15, 0.2) is 0 Å². The molecule has 2 aliphatic heterocycles. The number of imidazole rings is 1. The van der Waals surface area contributed by atoms with Gasteiger partial charge in [-0.3, -0.25) is 9.69 Å². The second-order valence-corrected chi connectivity index (χ2v) is 6.26. The monoisotopic (exact) mass is 312 g/mol. The third kappa shape index (κ3) is 2.59. The highest BCUT2D eigenvalue weighted by Gasteiger charge is 2.36. The Hall–Kier alpha value is -2.34. The molecule has 0 saturated carbocycles. The summed E-state index contributed by atoms with van der Waals surface area (Å²) < 4.78 is 7.15. The van der Waals surface area contributed by atoms with E-state index in [2.05, 4.69) is 9.88 Å². The summed E-state index contributed by atoms with van der Waals surface area (Å²) in [4.78, 5) is 21.6. The molecule has 4 heterocycles. The number of fused-ring (bicyclic) bond motifs is 1. The number of nitrogens with zero attached hydrogens (tertiary/aromatic N) is 4. The molecule has 0 radical (unpaired) electrons. The number of aromatic nitrogens is 2. The van der Waals surface area contributed by atoms with Crippen molar-refractivity contribution in [2.75, 3.05) is 19.6 Å². The Bertz CT molecular complexity index is 724. The Morgan fingerprint density at radius 3 is 2.96 bits per heavy atom. The van der Waals surface area contributed by atoms with E-state index in [-0.39, 0.29) is 11.8 Å². The predicted octanol–water partition coefficient (Wildman–Crippen LogP) is 1.51. The van der Waals surface area contributed by atoms with Gasteiger partial charge in [0.2, 0.25) is 5.91 Å². The number of amides is 1. The topological polar surface area (TPSA) is 54.5 Å². The fraction of sp³-hybridized carbons (Fsp3) is 0.412. The molecule has 0 aliphatic carbocycles. The molecule has 4 rings (SSSR count). The Morgan fingerprint density at radius 1 is 1.39 bits per heavy atom. The highest BCUT2D eigenvalue weighted by Crippen LogP contribution is 2.30. The van der Waals surface area contributed by atoms with Crippen LogP contribution in [0.2, 0.25) is 0 Å². The minimum absolute atomic E-state index is 0.155. The van der Waals surface area contributed by atoms with Gasteiger partial charge in [-0.2, -0.15) is 0 Å². The number of furan rings is 1. The van der Waals surface area contributed by atoms with Gasteiger partial charge in [0, 0.05) is 45.3 Å². The van der Waals surface area contributed by atoms with Crippen molar-refractivity contribution in [2.24, 2.45) is 7.05 Å². The average Bonchev–Trinajstić information content (AvgIpc) is 3.28. The zero-order valence-corrected chi connectivity index (χ0v) is 13.2. The smallest absolute Gasteiger partial charge is 0.233 e. The SMILES string of the molecule is Cn1cnc2c1C(C(=O)N1CC=CC1)CN(Cc1ccoc1)C2. The van der Waals surface area contributed by atoms with Gasteiger partial charge in [-0.05, 0) is 6.07 Å². The van der Waals surface area contributed by atoms with E-state index >= 15 is 0 Å². The van der Waals surface area contributed by atoms with Crippen molar-refractivity contribution < 1.29 is 9.21 Å². The van der Waals surface area contributed by atoms with Crippen LogP contribution in [-0.4, -0.2) is 44.9 Å². The predicted molar refractivity (Wildman–Crippen MR) is 84.5 cm³/mol. The van der Waals surface area contributed by atoms with Gasteiger partial charge in [0.25, 0.3) is 0 Å². The first-order valence-electron chi connectivity index (χ1n) is 7.89. The Morgan fingerprint density at radius 2 is 2.22 bits per heavy atom. The summed E-state index contributed by atoms with van der Waals surface area (Å²) >= 11 is 0. The summed E-state index contributed by atoms with van der Waals surface area (Å²) in [5, 5.41) is 0. The summed E-state index contributed by atoms with van der Waals surface area (Å²) in [5.74, 6) is 0.0368. The summed E-state index contributed by atoms with van der Waals surface area (Å²) in [6.45, 7) is 3.68. The molecule has 0 fully saturated rings. The maximum absolute atomic E-state index is 13.0. The first-order chi connectivity index (χ1) is 11.2. The van der Waals surface area contributed by atoms with Crippen LogP contribution in [0, 0.1) is 0 Å². The number of aryl methyl sites for hydroxylation is 1. The molecule has 0 spiro atoms. The van der Waals surface area contributed by atoms with Gasteiger partial charge in [-0.1, -0.05) is 12.2 Å². The highest BCUT2D eigenvalue weighted by atomic mass is 16.3. The molecule has 2 aromatic rings. The van der Waals surface area contributed by atoms with E-state index < -0.39 is 0 Å². The zero-order valence-electron chi connectivity index (χ0n) is 13.2. The third-order valence-corrected chi connectivity index (χ3v) is 4.62. The Kier molecular flexibility index (Phi) is 3.53. The van der Waals surface area contributed by atoms with Crippen LogP contribution in [0.5, 0.6) is 0 Å². The molecule has 120 valence electrons. The van der Waals surface area contributed by atoms with Crippen LogP contribution in [-0.2, 0) is 24.9 Å². The van der Waals surface area contributed by atoms with Gasteiger partial charge in [-0.25, -0.2) is 4.98 Å². The lowest BCUT2D eigenvalue weighted by molar-refractivity contribution is -0.132. The quantitative estimate of drug-likeness (QED) is 0.806. The third-order valence-electron chi connectivity index (χ3n) is 4.62. The second-order valence-electron chi connectivity index (χ2n) is 6.26. The molecular formula is C17H20N4O2. The van der Waals surface area contributed by atoms with Crippen LogP contribution >= 0.6 is 0 Å². The minimum Gasteiger partial charge on any atom is -0.472 e. The van der Waals surface area contributed by atoms with Crippen LogP contribution in [0.1, 0.15) is 22.9 Å². The van der Waals surface area contributed by atoms with Crippen LogP contribution in [0.15, 0.2) is 41.5 Å². The van der Waals surface area contributed by atoms with Crippen molar-refractivity contribution in [2.45, 2.75) is 19.0 Å². The van der Waals surface area contributed by atoms with Gasteiger partial charge < -0.3 is 13.9 Å². The average molecular weight is 312 g/mol. The molecule has 23 heavy (non-hydrogen) atoms. The molecule has 2 aliphatic rings. The van der Waals surface area contributed by atoms with Crippen LogP contribution in [0.4, 0.5) is 0 Å². The maximum atomic E-state index is 13.0. The van der Waals surface area contributed by atoms with Crippen molar-refractivity contribution in [1.82, 2.24) is 19.4 Å². The fourth-order valence-electron chi connectivity index (χ4n) is 3.51. The summed E-state index contributed by atoms with van der Waals surface area (Å²) in [6.07, 6.45) is 9.36. The van der Waals surface area contributed by atoms with E-state index in [1.807, 2.05) is 41.1 Å². The summed E-state index contributed by atoms with van der Waals surface area (Å²) in [6, 6.07) is 1.97. The second kappa shape index (κ2) is 5.70. The normalized spacial score (nSPS) is 20.9. The van der Waals surface area contributed by atoms with Crippen molar-refractivity contribution in [3.8, 4) is 0 Å². The zero-order chi connectivity index (χ0) is 15.8. The number of carbonyl (C=O) groups is 1. The molecule has 1 amide bonds. The molecule has 6 heteroatoms. The van der Waals surface area contributed by atoms with Crippen molar-refractivity contribution in [3.05, 3.63) is 54.0 Å². The lowest BCUT2D eigenvalue weighted by Gasteiger charge is -2.33. The Balaban J connectivity index is 1.60. The molecule has 0 bridgehead atoms. The first-order valence-corrected chi connectivity index (χ1v) is 7.89. The molecule has 1 unspecified atom stereocenters. The number of hydrogen-bond acceptors (Lipinski definition) is 4. The molecule has 0 N–H and O–H groups in total. The molecule has 2 aromatic heterocycles. The van der Waals surface area contributed by atoms with Crippen LogP contribution in [0.3, 0.4) is 0 Å². The van der Waals surface area contributed by atoms with Crippen molar-refractivity contribution in [1.29, 1.82) is 0 Å². The van der Waals surface area contributed by atoms with Crippen molar-refractivity contribution in [3.63, 3.8) is 0 Å². The fourth-order valence-corrected chi connectivity index (χ4v) is 3.51. The van der Waals surface area contributed by atoms with Crippen LogP contribution < -0.4 is 0 Å². The maximum Gasteiger partial charge on any atom is 0.233 e. The van der Waals surface area contributed by atoms with Crippen molar-refractivity contribution >= 4 is 5.91 Å². The molecular weight excluding hydrogens is 292 g/mol. The van der Waals surface area contributed by atoms with Gasteiger partial charge in [0.1, 0.15) is 0 Å². The highest BCUT2D eigenvalue weighted by molar-refractivity contribution is 5.84. The molecule has 0 aromatic carbocycles. The van der Waals surface area contributed by atoms with E-state index in [9.17, 15) is 4.79 Å². The van der Waals surface area contributed by atoms with E-state index in [1.54, 1.807) is 12.5 Å². The summed E-state index contributed by atoms with van der Waals surface area (Å²) in [7, 11) is 1.97. The van der Waals surface area contributed by atoms with E-state index in [0.29, 0.717) is 19.6 Å². The van der Waals surface area contributed by atoms with E-state index in [4.69, 9.17) is 4.42 Å². The lowest BCUT2D eigenvalue weighted by Crippen LogP contribution is -2.43. The molecule has 0 saturated heterocycles. The van der Waals surface area contributed by atoms with Gasteiger partial charge in [0.05, 0.1) is 36.2 Å². The summed E-state index contributed by atoms with van der Waals surface area (Å²) in [5.41, 5.74) is 3.19. The standard InChI is InChI=1S/C17H20N4O2/c1-19-12-18-15-10-20(8-13-4-7-23-11-13)9-14(16(15)19)17(22)21-5-2-3-6-21/h2-4,7,11-12,14H,5-6,8-10H2,1H3. The Labute approximate surface area is 135 Å². The van der Waals surface area contributed by atoms with Gasteiger partial charge >= 0.3 is 0 Å². The lowest BCUT2D eigenvalue weighted by atomic mass is 9.96. The first kappa shape index (κ1) is 14.3.